The van der Waals surface area contributed by atoms with Crippen LogP contribution in [0.25, 0.3) is 0 Å². The zero-order chi connectivity index (χ0) is 20.0. The minimum Gasteiger partial charge on any atom is -0.489 e. The van der Waals surface area contributed by atoms with Gasteiger partial charge in [-0.1, -0.05) is 13.8 Å². The van der Waals surface area contributed by atoms with Gasteiger partial charge in [-0.15, -0.1) is 24.0 Å². The molecule has 28 heavy (non-hydrogen) atoms. The molecule has 156 valence electrons. The van der Waals surface area contributed by atoms with E-state index < -0.39 is 0 Å². The summed E-state index contributed by atoms with van der Waals surface area (Å²) in [5.41, 5.74) is 2.29. The molecule has 6 nitrogen and oxygen atoms in total. The van der Waals surface area contributed by atoms with Crippen molar-refractivity contribution in [2.24, 2.45) is 12.0 Å². The molecule has 1 aromatic heterocycles. The second-order valence-corrected chi connectivity index (χ2v) is 7.03. The average Bonchev–Trinajstić information content (AvgIpc) is 2.98. The zero-order valence-electron chi connectivity index (χ0n) is 17.4. The van der Waals surface area contributed by atoms with Crippen molar-refractivity contribution >= 4 is 29.9 Å². The largest absolute Gasteiger partial charge is 0.489 e. The maximum atomic E-state index is 13.0. The van der Waals surface area contributed by atoms with Crippen molar-refractivity contribution in [2.45, 2.75) is 39.3 Å². The topological polar surface area (TPSA) is 54.7 Å². The summed E-state index contributed by atoms with van der Waals surface area (Å²) in [5, 5.41) is 7.88. The van der Waals surface area contributed by atoms with Gasteiger partial charge in [0.25, 0.3) is 0 Å². The molecule has 2 aromatic rings. The first-order chi connectivity index (χ1) is 12.8. The molecule has 0 amide bonds. The molecule has 1 atom stereocenters. The minimum absolute atomic E-state index is 0. The number of aryl methyl sites for hydroxylation is 1. The standard InChI is InChI=1S/C20H30FN5O.HI/c1-14(2)19-16(13-26(6)24-19)12-25(5)20(22-4)23-11-15(3)27-18-9-7-17(21)8-10-18;/h7-10,13-15H,11-12H2,1-6H3,(H,22,23);1H. The molecule has 0 saturated carbocycles. The average molecular weight is 503 g/mol. The van der Waals surface area contributed by atoms with Crippen molar-refractivity contribution in [2.75, 3.05) is 20.6 Å². The van der Waals surface area contributed by atoms with E-state index in [0.29, 0.717) is 24.8 Å². The molecule has 2 rings (SSSR count). The lowest BCUT2D eigenvalue weighted by Gasteiger charge is -2.24. The molecule has 0 aliphatic rings. The first kappa shape index (κ1) is 24.2. The molecule has 0 saturated heterocycles. The Kier molecular flexibility index (Phi) is 9.71. The molecule has 1 heterocycles. The van der Waals surface area contributed by atoms with Gasteiger partial charge in [0.2, 0.25) is 0 Å². The zero-order valence-corrected chi connectivity index (χ0v) is 19.8. The van der Waals surface area contributed by atoms with Crippen LogP contribution in [0.3, 0.4) is 0 Å². The van der Waals surface area contributed by atoms with Crippen LogP contribution in [-0.2, 0) is 13.6 Å². The Labute approximate surface area is 184 Å². The quantitative estimate of drug-likeness (QED) is 0.355. The van der Waals surface area contributed by atoms with E-state index in [1.165, 1.54) is 17.7 Å². The Balaban J connectivity index is 0.00000392. The van der Waals surface area contributed by atoms with Gasteiger partial charge in [-0.05, 0) is 37.1 Å². The Hall–Kier alpha value is -1.84. The number of hydrogen-bond acceptors (Lipinski definition) is 3. The molecular formula is C20H31FIN5O. The van der Waals surface area contributed by atoms with Crippen molar-refractivity contribution < 1.29 is 9.13 Å². The van der Waals surface area contributed by atoms with Crippen LogP contribution in [0.1, 0.15) is 37.9 Å². The number of rotatable bonds is 7. The smallest absolute Gasteiger partial charge is 0.193 e. The van der Waals surface area contributed by atoms with Gasteiger partial charge in [-0.25, -0.2) is 4.39 Å². The summed E-state index contributed by atoms with van der Waals surface area (Å²) in [6, 6.07) is 6.04. The second-order valence-electron chi connectivity index (χ2n) is 7.03. The van der Waals surface area contributed by atoms with Crippen LogP contribution in [0, 0.1) is 5.82 Å². The molecule has 0 bridgehead atoms. The maximum absolute atomic E-state index is 13.0. The van der Waals surface area contributed by atoms with Gasteiger partial charge < -0.3 is 15.0 Å². The lowest BCUT2D eigenvalue weighted by atomic mass is 10.1. The number of nitrogens with zero attached hydrogens (tertiary/aromatic N) is 4. The highest BCUT2D eigenvalue weighted by molar-refractivity contribution is 14.0. The molecule has 0 aliphatic heterocycles. The molecule has 1 unspecified atom stereocenters. The number of aliphatic imine (C=N–C) groups is 1. The number of nitrogens with one attached hydrogen (secondary N) is 1. The van der Waals surface area contributed by atoms with E-state index in [9.17, 15) is 4.39 Å². The Morgan fingerprint density at radius 3 is 2.50 bits per heavy atom. The second kappa shape index (κ2) is 11.2. The highest BCUT2D eigenvalue weighted by Crippen LogP contribution is 2.18. The molecule has 1 aromatic carbocycles. The van der Waals surface area contributed by atoms with Crippen LogP contribution in [0.4, 0.5) is 4.39 Å². The van der Waals surface area contributed by atoms with Gasteiger partial charge >= 0.3 is 0 Å². The number of benzene rings is 1. The number of guanidine groups is 1. The third-order valence-electron chi connectivity index (χ3n) is 4.16. The van der Waals surface area contributed by atoms with Crippen molar-refractivity contribution in [1.82, 2.24) is 20.0 Å². The molecule has 0 radical (unpaired) electrons. The molecule has 8 heteroatoms. The number of hydrogen-bond donors (Lipinski definition) is 1. The predicted octanol–water partition coefficient (Wildman–Crippen LogP) is 3.78. The summed E-state index contributed by atoms with van der Waals surface area (Å²) >= 11 is 0. The summed E-state index contributed by atoms with van der Waals surface area (Å²) in [6.07, 6.45) is 1.96. The fourth-order valence-electron chi connectivity index (χ4n) is 2.90. The van der Waals surface area contributed by atoms with Gasteiger partial charge in [0, 0.05) is 39.4 Å². The normalized spacial score (nSPS) is 12.5. The van der Waals surface area contributed by atoms with Gasteiger partial charge in [0.05, 0.1) is 12.2 Å². The van der Waals surface area contributed by atoms with E-state index in [1.54, 1.807) is 19.2 Å². The van der Waals surface area contributed by atoms with E-state index in [2.05, 4.69) is 40.4 Å². The summed E-state index contributed by atoms with van der Waals surface area (Å²) in [6.45, 7) is 7.55. The number of ether oxygens (including phenoxy) is 1. The fraction of sp³-hybridized carbons (Fsp3) is 0.500. The molecule has 0 fully saturated rings. The minimum atomic E-state index is -0.272. The highest BCUT2D eigenvalue weighted by atomic mass is 127. The summed E-state index contributed by atoms with van der Waals surface area (Å²) < 4.78 is 20.6. The van der Waals surface area contributed by atoms with E-state index in [0.717, 1.165) is 11.7 Å². The molecule has 1 N–H and O–H groups in total. The van der Waals surface area contributed by atoms with Gasteiger partial charge in [-0.2, -0.15) is 5.10 Å². The van der Waals surface area contributed by atoms with E-state index in [1.807, 2.05) is 25.7 Å². The van der Waals surface area contributed by atoms with Crippen LogP contribution in [0.15, 0.2) is 35.5 Å². The Morgan fingerprint density at radius 2 is 1.93 bits per heavy atom. The maximum Gasteiger partial charge on any atom is 0.193 e. The number of aromatic nitrogens is 2. The van der Waals surface area contributed by atoms with E-state index >= 15 is 0 Å². The van der Waals surface area contributed by atoms with Gasteiger partial charge in [0.1, 0.15) is 17.7 Å². The molecule has 0 spiro atoms. The van der Waals surface area contributed by atoms with Crippen LogP contribution in [0.2, 0.25) is 0 Å². The first-order valence-electron chi connectivity index (χ1n) is 9.16. The summed E-state index contributed by atoms with van der Waals surface area (Å²) in [7, 11) is 5.70. The lowest BCUT2D eigenvalue weighted by molar-refractivity contribution is 0.222. The van der Waals surface area contributed by atoms with Crippen LogP contribution in [0.5, 0.6) is 5.75 Å². The van der Waals surface area contributed by atoms with Crippen molar-refractivity contribution in [1.29, 1.82) is 0 Å². The fourth-order valence-corrected chi connectivity index (χ4v) is 2.90. The predicted molar refractivity (Wildman–Crippen MR) is 122 cm³/mol. The van der Waals surface area contributed by atoms with Crippen molar-refractivity contribution in [3.8, 4) is 5.75 Å². The van der Waals surface area contributed by atoms with Gasteiger partial charge in [0.15, 0.2) is 5.96 Å². The van der Waals surface area contributed by atoms with Crippen LogP contribution < -0.4 is 10.1 Å². The monoisotopic (exact) mass is 503 g/mol. The number of halogens is 2. The molecule has 0 aliphatic carbocycles. The third kappa shape index (κ3) is 6.96. The van der Waals surface area contributed by atoms with Crippen LogP contribution in [-0.4, -0.2) is 47.4 Å². The lowest BCUT2D eigenvalue weighted by Crippen LogP contribution is -2.42. The van der Waals surface area contributed by atoms with Gasteiger partial charge in [-0.3, -0.25) is 9.67 Å². The highest BCUT2D eigenvalue weighted by Gasteiger charge is 2.15. The van der Waals surface area contributed by atoms with Crippen LogP contribution >= 0.6 is 24.0 Å². The Bertz CT molecular complexity index is 760. The molecular weight excluding hydrogens is 472 g/mol. The summed E-state index contributed by atoms with van der Waals surface area (Å²) in [4.78, 5) is 6.42. The van der Waals surface area contributed by atoms with E-state index in [-0.39, 0.29) is 35.9 Å². The van der Waals surface area contributed by atoms with Crippen molar-refractivity contribution in [3.05, 3.63) is 47.5 Å². The first-order valence-corrected chi connectivity index (χ1v) is 9.16. The SMILES string of the molecule is CN=C(NCC(C)Oc1ccc(F)cc1)N(C)Cc1cn(C)nc1C(C)C.I. The summed E-state index contributed by atoms with van der Waals surface area (Å²) in [5.74, 6) is 1.52. The van der Waals surface area contributed by atoms with Crippen molar-refractivity contribution in [3.63, 3.8) is 0 Å². The Morgan fingerprint density at radius 1 is 1.29 bits per heavy atom. The van der Waals surface area contributed by atoms with E-state index in [4.69, 9.17) is 4.74 Å². The third-order valence-corrected chi connectivity index (χ3v) is 4.16.